The minimum absolute atomic E-state index is 0.160. The molecule has 1 rings (SSSR count). The van der Waals surface area contributed by atoms with Crippen LogP contribution in [-0.2, 0) is 4.79 Å². The molecule has 15 heavy (non-hydrogen) atoms. The van der Waals surface area contributed by atoms with Crippen molar-refractivity contribution < 1.29 is 9.18 Å². The number of carbonyl (C=O) groups is 1. The maximum Gasteiger partial charge on any atom is 0.244 e. The van der Waals surface area contributed by atoms with Crippen molar-refractivity contribution in [1.29, 1.82) is 0 Å². The van der Waals surface area contributed by atoms with Gasteiger partial charge >= 0.3 is 0 Å². The lowest BCUT2D eigenvalue weighted by molar-refractivity contribution is -0.120. The predicted molar refractivity (Wildman–Crippen MR) is 57.9 cm³/mol. The van der Waals surface area contributed by atoms with Crippen molar-refractivity contribution >= 4 is 11.6 Å². The van der Waals surface area contributed by atoms with Crippen LogP contribution in [-0.4, -0.2) is 11.4 Å². The van der Waals surface area contributed by atoms with E-state index in [0.29, 0.717) is 6.42 Å². The minimum Gasteiger partial charge on any atom is -0.322 e. The van der Waals surface area contributed by atoms with E-state index in [1.54, 1.807) is 26.0 Å². The average molecular weight is 210 g/mol. The molecule has 0 heterocycles. The first-order valence-corrected chi connectivity index (χ1v) is 4.82. The molecule has 1 amide bonds. The third-order valence-electron chi connectivity index (χ3n) is 2.38. The van der Waals surface area contributed by atoms with E-state index in [0.717, 1.165) is 0 Å². The van der Waals surface area contributed by atoms with E-state index < -0.39 is 11.4 Å². The quantitative estimate of drug-likeness (QED) is 0.800. The lowest BCUT2D eigenvalue weighted by Gasteiger charge is -2.21. The molecule has 3 nitrogen and oxygen atoms in total. The van der Waals surface area contributed by atoms with Gasteiger partial charge in [-0.1, -0.05) is 19.1 Å². The van der Waals surface area contributed by atoms with E-state index in [1.807, 2.05) is 0 Å². The summed E-state index contributed by atoms with van der Waals surface area (Å²) in [6, 6.07) is 6.00. The molecule has 0 fully saturated rings. The standard InChI is InChI=1S/C11H15FN2O/c1-3-11(2,13)10(15)14-9-7-5-4-6-8(9)12/h4-7H,3,13H2,1-2H3,(H,14,15). The molecule has 82 valence electrons. The Hall–Kier alpha value is -1.42. The van der Waals surface area contributed by atoms with Gasteiger partial charge in [0.15, 0.2) is 0 Å². The van der Waals surface area contributed by atoms with Gasteiger partial charge in [0.1, 0.15) is 5.82 Å². The molecule has 4 heteroatoms. The summed E-state index contributed by atoms with van der Waals surface area (Å²) in [5, 5.41) is 2.46. The fourth-order valence-corrected chi connectivity index (χ4v) is 0.988. The minimum atomic E-state index is -0.970. The first-order chi connectivity index (χ1) is 6.97. The van der Waals surface area contributed by atoms with Gasteiger partial charge < -0.3 is 11.1 Å². The third-order valence-corrected chi connectivity index (χ3v) is 2.38. The summed E-state index contributed by atoms with van der Waals surface area (Å²) in [5.41, 5.74) is 4.91. The molecule has 1 aromatic rings. The van der Waals surface area contributed by atoms with Gasteiger partial charge in [-0.3, -0.25) is 4.79 Å². The number of nitrogens with one attached hydrogen (secondary N) is 1. The number of rotatable bonds is 3. The van der Waals surface area contributed by atoms with Crippen LogP contribution in [0, 0.1) is 5.82 Å². The van der Waals surface area contributed by atoms with Gasteiger partial charge in [0, 0.05) is 0 Å². The number of carbonyl (C=O) groups excluding carboxylic acids is 1. The van der Waals surface area contributed by atoms with Crippen molar-refractivity contribution in [2.24, 2.45) is 5.73 Å². The van der Waals surface area contributed by atoms with Gasteiger partial charge in [-0.2, -0.15) is 0 Å². The van der Waals surface area contributed by atoms with Crippen LogP contribution in [0.3, 0.4) is 0 Å². The van der Waals surface area contributed by atoms with E-state index in [-0.39, 0.29) is 11.6 Å². The summed E-state index contributed by atoms with van der Waals surface area (Å²) in [6.45, 7) is 3.42. The summed E-state index contributed by atoms with van der Waals surface area (Å²) in [7, 11) is 0. The average Bonchev–Trinajstić information content (AvgIpc) is 2.21. The molecule has 1 aromatic carbocycles. The maximum atomic E-state index is 13.2. The molecule has 1 atom stereocenters. The second-order valence-electron chi connectivity index (χ2n) is 3.70. The van der Waals surface area contributed by atoms with E-state index in [4.69, 9.17) is 5.73 Å². The van der Waals surface area contributed by atoms with Crippen LogP contribution in [0.1, 0.15) is 20.3 Å². The van der Waals surface area contributed by atoms with Crippen LogP contribution < -0.4 is 11.1 Å². The molecule has 0 aromatic heterocycles. The van der Waals surface area contributed by atoms with Crippen LogP contribution >= 0.6 is 0 Å². The monoisotopic (exact) mass is 210 g/mol. The third kappa shape index (κ3) is 2.76. The Labute approximate surface area is 88.5 Å². The normalized spacial score (nSPS) is 14.4. The van der Waals surface area contributed by atoms with Crippen molar-refractivity contribution in [3.05, 3.63) is 30.1 Å². The largest absolute Gasteiger partial charge is 0.322 e. The lowest BCUT2D eigenvalue weighted by atomic mass is 9.99. The number of halogens is 1. The Bertz CT molecular complexity index is 363. The van der Waals surface area contributed by atoms with Gasteiger partial charge in [0.25, 0.3) is 0 Å². The van der Waals surface area contributed by atoms with E-state index in [2.05, 4.69) is 5.32 Å². The zero-order valence-electron chi connectivity index (χ0n) is 8.88. The molecular weight excluding hydrogens is 195 g/mol. The maximum absolute atomic E-state index is 13.2. The molecule has 1 unspecified atom stereocenters. The Morgan fingerprint density at radius 1 is 1.53 bits per heavy atom. The summed E-state index contributed by atoms with van der Waals surface area (Å²) < 4.78 is 13.2. The SMILES string of the molecule is CCC(C)(N)C(=O)Nc1ccccc1F. The number of hydrogen-bond donors (Lipinski definition) is 2. The van der Waals surface area contributed by atoms with Crippen molar-refractivity contribution in [3.63, 3.8) is 0 Å². The molecule has 0 bridgehead atoms. The topological polar surface area (TPSA) is 55.1 Å². The van der Waals surface area contributed by atoms with Gasteiger partial charge in [0.05, 0.1) is 11.2 Å². The van der Waals surface area contributed by atoms with Crippen molar-refractivity contribution in [2.75, 3.05) is 5.32 Å². The molecule has 0 aliphatic rings. The van der Waals surface area contributed by atoms with E-state index >= 15 is 0 Å². The van der Waals surface area contributed by atoms with Gasteiger partial charge in [-0.15, -0.1) is 0 Å². The first-order valence-electron chi connectivity index (χ1n) is 4.82. The molecule has 0 aliphatic carbocycles. The fraction of sp³-hybridized carbons (Fsp3) is 0.364. The number of hydrogen-bond acceptors (Lipinski definition) is 2. The molecular formula is C11H15FN2O. The van der Waals surface area contributed by atoms with Crippen molar-refractivity contribution in [2.45, 2.75) is 25.8 Å². The number of para-hydroxylation sites is 1. The van der Waals surface area contributed by atoms with Gasteiger partial charge in [-0.05, 0) is 25.5 Å². The van der Waals surface area contributed by atoms with E-state index in [1.165, 1.54) is 12.1 Å². The van der Waals surface area contributed by atoms with Crippen LogP contribution in [0.4, 0.5) is 10.1 Å². The van der Waals surface area contributed by atoms with Crippen LogP contribution in [0.2, 0.25) is 0 Å². The van der Waals surface area contributed by atoms with Crippen molar-refractivity contribution in [3.8, 4) is 0 Å². The first kappa shape index (κ1) is 11.7. The summed E-state index contributed by atoms with van der Waals surface area (Å²) in [6.07, 6.45) is 0.493. The molecule has 3 N–H and O–H groups in total. The number of amides is 1. The zero-order chi connectivity index (χ0) is 11.5. The molecule has 0 saturated carbocycles. The predicted octanol–water partition coefficient (Wildman–Crippen LogP) is 1.89. The highest BCUT2D eigenvalue weighted by molar-refractivity contribution is 5.97. The summed E-state index contributed by atoms with van der Waals surface area (Å²) >= 11 is 0. The van der Waals surface area contributed by atoms with Gasteiger partial charge in [-0.25, -0.2) is 4.39 Å². The number of anilines is 1. The molecule has 0 spiro atoms. The zero-order valence-corrected chi connectivity index (χ0v) is 8.88. The smallest absolute Gasteiger partial charge is 0.244 e. The highest BCUT2D eigenvalue weighted by Gasteiger charge is 2.26. The molecule has 0 radical (unpaired) electrons. The summed E-state index contributed by atoms with van der Waals surface area (Å²) in [5.74, 6) is -0.840. The Morgan fingerprint density at radius 2 is 2.13 bits per heavy atom. The van der Waals surface area contributed by atoms with Crippen LogP contribution in [0.5, 0.6) is 0 Å². The second kappa shape index (κ2) is 4.40. The number of nitrogens with two attached hydrogens (primary N) is 1. The van der Waals surface area contributed by atoms with Crippen molar-refractivity contribution in [1.82, 2.24) is 0 Å². The highest BCUT2D eigenvalue weighted by atomic mass is 19.1. The Kier molecular flexibility index (Phi) is 3.42. The molecule has 0 aliphatic heterocycles. The van der Waals surface area contributed by atoms with Crippen LogP contribution in [0.15, 0.2) is 24.3 Å². The van der Waals surface area contributed by atoms with E-state index in [9.17, 15) is 9.18 Å². The van der Waals surface area contributed by atoms with Gasteiger partial charge in [0.2, 0.25) is 5.91 Å². The summed E-state index contributed by atoms with van der Waals surface area (Å²) in [4.78, 5) is 11.6. The lowest BCUT2D eigenvalue weighted by Crippen LogP contribution is -2.47. The Morgan fingerprint density at radius 3 is 2.67 bits per heavy atom. The Balaban J connectivity index is 2.80. The number of benzene rings is 1. The highest BCUT2D eigenvalue weighted by Crippen LogP contribution is 2.15. The van der Waals surface area contributed by atoms with Crippen LogP contribution in [0.25, 0.3) is 0 Å². The molecule has 0 saturated heterocycles. The second-order valence-corrected chi connectivity index (χ2v) is 3.70. The fourth-order valence-electron chi connectivity index (χ4n) is 0.988.